The monoisotopic (exact) mass is 392 g/mol. The Balaban J connectivity index is 2.13. The minimum Gasteiger partial charge on any atom is -0.483 e. The fraction of sp³-hybridized carbons (Fsp3) is 0.133. The number of carbonyl (C=O) groups is 1. The Bertz CT molecular complexity index is 858. The lowest BCUT2D eigenvalue weighted by Gasteiger charge is -2.14. The molecule has 2 aromatic carbocycles. The number of non-ortho nitro benzene ring substituents is 1. The van der Waals surface area contributed by atoms with E-state index in [1.807, 2.05) is 0 Å². The van der Waals surface area contributed by atoms with Crippen LogP contribution in [0.1, 0.15) is 5.56 Å². The molecule has 1 amide bonds. The SMILES string of the molecule is O=C(COc1ccc([N+](=O)[O-])cc1C(F)(F)F)Nc1ccc(F)cc1Cl. The van der Waals surface area contributed by atoms with E-state index in [-0.39, 0.29) is 10.7 Å². The van der Waals surface area contributed by atoms with Crippen LogP contribution < -0.4 is 10.1 Å². The molecule has 0 aliphatic heterocycles. The van der Waals surface area contributed by atoms with Crippen LogP contribution in [0.4, 0.5) is 28.9 Å². The average Bonchev–Trinajstić information content (AvgIpc) is 2.54. The van der Waals surface area contributed by atoms with Crippen molar-refractivity contribution in [3.8, 4) is 5.75 Å². The van der Waals surface area contributed by atoms with Gasteiger partial charge < -0.3 is 10.1 Å². The third-order valence-electron chi connectivity index (χ3n) is 3.04. The van der Waals surface area contributed by atoms with E-state index in [2.05, 4.69) is 5.32 Å². The molecule has 0 heterocycles. The topological polar surface area (TPSA) is 81.5 Å². The fourth-order valence-corrected chi connectivity index (χ4v) is 2.11. The number of benzene rings is 2. The third-order valence-corrected chi connectivity index (χ3v) is 3.36. The summed E-state index contributed by atoms with van der Waals surface area (Å²) in [5.74, 6) is -2.24. The smallest absolute Gasteiger partial charge is 0.420 e. The Morgan fingerprint density at radius 1 is 1.23 bits per heavy atom. The number of anilines is 1. The quantitative estimate of drug-likeness (QED) is 0.464. The summed E-state index contributed by atoms with van der Waals surface area (Å²) in [6.45, 7) is -0.825. The molecule has 0 fully saturated rings. The maximum Gasteiger partial charge on any atom is 0.420 e. The Kier molecular flexibility index (Phi) is 5.66. The van der Waals surface area contributed by atoms with Gasteiger partial charge in [-0.1, -0.05) is 11.6 Å². The number of hydrogen-bond acceptors (Lipinski definition) is 4. The molecule has 2 aromatic rings. The van der Waals surface area contributed by atoms with Crippen molar-refractivity contribution in [2.24, 2.45) is 0 Å². The van der Waals surface area contributed by atoms with E-state index in [0.717, 1.165) is 24.3 Å². The number of nitrogens with zero attached hydrogens (tertiary/aromatic N) is 1. The van der Waals surface area contributed by atoms with Crippen LogP contribution in [0.25, 0.3) is 0 Å². The van der Waals surface area contributed by atoms with Crippen molar-refractivity contribution in [1.29, 1.82) is 0 Å². The highest BCUT2D eigenvalue weighted by atomic mass is 35.5. The summed E-state index contributed by atoms with van der Waals surface area (Å²) < 4.78 is 56.7. The van der Waals surface area contributed by atoms with Crippen molar-refractivity contribution in [1.82, 2.24) is 0 Å². The standard InChI is InChI=1S/C15H9ClF4N2O4/c16-11-5-8(17)1-3-12(11)21-14(23)7-26-13-4-2-9(22(24)25)6-10(13)15(18,19)20/h1-6H,7H2,(H,21,23). The van der Waals surface area contributed by atoms with E-state index in [9.17, 15) is 32.5 Å². The molecule has 138 valence electrons. The lowest BCUT2D eigenvalue weighted by molar-refractivity contribution is -0.385. The zero-order chi connectivity index (χ0) is 19.5. The van der Waals surface area contributed by atoms with Crippen LogP contribution in [-0.4, -0.2) is 17.4 Å². The first-order valence-electron chi connectivity index (χ1n) is 6.81. The van der Waals surface area contributed by atoms with Gasteiger partial charge in [0.05, 0.1) is 15.6 Å². The summed E-state index contributed by atoms with van der Waals surface area (Å²) >= 11 is 5.71. The van der Waals surface area contributed by atoms with Crippen molar-refractivity contribution in [2.45, 2.75) is 6.18 Å². The van der Waals surface area contributed by atoms with Crippen molar-refractivity contribution in [2.75, 3.05) is 11.9 Å². The molecular weight excluding hydrogens is 384 g/mol. The highest BCUT2D eigenvalue weighted by molar-refractivity contribution is 6.33. The van der Waals surface area contributed by atoms with Gasteiger partial charge in [0, 0.05) is 12.1 Å². The van der Waals surface area contributed by atoms with Crippen LogP contribution in [0.3, 0.4) is 0 Å². The van der Waals surface area contributed by atoms with Gasteiger partial charge in [0.15, 0.2) is 6.61 Å². The van der Waals surface area contributed by atoms with Gasteiger partial charge in [-0.05, 0) is 24.3 Å². The second-order valence-corrected chi connectivity index (χ2v) is 5.30. The summed E-state index contributed by atoms with van der Waals surface area (Å²) in [6.07, 6.45) is -4.92. The second kappa shape index (κ2) is 7.56. The zero-order valence-corrected chi connectivity index (χ0v) is 13.4. The van der Waals surface area contributed by atoms with Crippen LogP contribution in [-0.2, 0) is 11.0 Å². The van der Waals surface area contributed by atoms with Crippen LogP contribution >= 0.6 is 11.6 Å². The van der Waals surface area contributed by atoms with Gasteiger partial charge >= 0.3 is 6.18 Å². The number of rotatable bonds is 5. The van der Waals surface area contributed by atoms with Crippen molar-refractivity contribution >= 4 is 28.9 Å². The number of nitro benzene ring substituents is 1. The number of nitrogens with one attached hydrogen (secondary N) is 1. The van der Waals surface area contributed by atoms with Crippen molar-refractivity contribution < 1.29 is 32.0 Å². The van der Waals surface area contributed by atoms with E-state index >= 15 is 0 Å². The van der Waals surface area contributed by atoms with E-state index < -0.39 is 46.4 Å². The predicted octanol–water partition coefficient (Wildman–Crippen LogP) is 4.42. The van der Waals surface area contributed by atoms with Crippen LogP contribution in [0.5, 0.6) is 5.75 Å². The highest BCUT2D eigenvalue weighted by Gasteiger charge is 2.36. The fourth-order valence-electron chi connectivity index (χ4n) is 1.90. The molecule has 0 radical (unpaired) electrons. The molecule has 0 aromatic heterocycles. The normalized spacial score (nSPS) is 11.1. The maximum absolute atomic E-state index is 13.0. The molecule has 0 aliphatic rings. The van der Waals surface area contributed by atoms with E-state index in [4.69, 9.17) is 16.3 Å². The molecule has 1 N–H and O–H groups in total. The summed E-state index contributed by atoms with van der Waals surface area (Å²) in [7, 11) is 0. The minimum atomic E-state index is -4.92. The number of carbonyl (C=O) groups excluding carboxylic acids is 1. The molecule has 0 spiro atoms. The van der Waals surface area contributed by atoms with E-state index in [1.165, 1.54) is 6.07 Å². The molecule has 0 bridgehead atoms. The Morgan fingerprint density at radius 3 is 2.50 bits per heavy atom. The minimum absolute atomic E-state index is 0.0430. The van der Waals surface area contributed by atoms with Crippen LogP contribution in [0, 0.1) is 15.9 Å². The largest absolute Gasteiger partial charge is 0.483 e. The molecule has 0 aliphatic carbocycles. The van der Waals surface area contributed by atoms with E-state index in [1.54, 1.807) is 0 Å². The molecule has 0 saturated heterocycles. The number of amides is 1. The van der Waals surface area contributed by atoms with Gasteiger partial charge in [0.2, 0.25) is 0 Å². The number of alkyl halides is 3. The van der Waals surface area contributed by atoms with Gasteiger partial charge in [0.25, 0.3) is 11.6 Å². The first kappa shape index (κ1) is 19.4. The Hall–Kier alpha value is -2.88. The molecular formula is C15H9ClF4N2O4. The first-order chi connectivity index (χ1) is 12.1. The highest BCUT2D eigenvalue weighted by Crippen LogP contribution is 2.38. The maximum atomic E-state index is 13.0. The Labute approximate surface area is 148 Å². The lowest BCUT2D eigenvalue weighted by Crippen LogP contribution is -2.21. The van der Waals surface area contributed by atoms with Gasteiger partial charge in [-0.2, -0.15) is 13.2 Å². The average molecular weight is 393 g/mol. The third kappa shape index (κ3) is 4.82. The zero-order valence-electron chi connectivity index (χ0n) is 12.6. The molecule has 0 saturated carbocycles. The number of ether oxygens (including phenoxy) is 1. The lowest BCUT2D eigenvalue weighted by atomic mass is 10.1. The second-order valence-electron chi connectivity index (χ2n) is 4.90. The summed E-state index contributed by atoms with van der Waals surface area (Å²) in [5.41, 5.74) is -2.12. The Morgan fingerprint density at radius 2 is 1.92 bits per heavy atom. The molecule has 6 nitrogen and oxygen atoms in total. The summed E-state index contributed by atoms with van der Waals surface area (Å²) in [5, 5.41) is 12.7. The van der Waals surface area contributed by atoms with Gasteiger partial charge in [-0.3, -0.25) is 14.9 Å². The molecule has 11 heteroatoms. The van der Waals surface area contributed by atoms with E-state index in [0.29, 0.717) is 6.07 Å². The van der Waals surface area contributed by atoms with Crippen LogP contribution in [0.2, 0.25) is 5.02 Å². The molecule has 0 atom stereocenters. The van der Waals surface area contributed by atoms with Gasteiger partial charge in [-0.25, -0.2) is 4.39 Å². The van der Waals surface area contributed by atoms with Gasteiger partial charge in [-0.15, -0.1) is 0 Å². The van der Waals surface area contributed by atoms with Crippen LogP contribution in [0.15, 0.2) is 36.4 Å². The first-order valence-corrected chi connectivity index (χ1v) is 7.19. The predicted molar refractivity (Wildman–Crippen MR) is 83.6 cm³/mol. The van der Waals surface area contributed by atoms with Gasteiger partial charge in [0.1, 0.15) is 17.1 Å². The van der Waals surface area contributed by atoms with Crippen molar-refractivity contribution in [3.05, 3.63) is 62.9 Å². The molecule has 2 rings (SSSR count). The molecule has 0 unspecified atom stereocenters. The number of halogens is 5. The number of hydrogen-bond donors (Lipinski definition) is 1. The number of nitro groups is 1. The summed E-state index contributed by atoms with van der Waals surface area (Å²) in [4.78, 5) is 21.4. The van der Waals surface area contributed by atoms with Crippen molar-refractivity contribution in [3.63, 3.8) is 0 Å². The summed E-state index contributed by atoms with van der Waals surface area (Å²) in [6, 6.07) is 5.02. The molecule has 26 heavy (non-hydrogen) atoms.